The van der Waals surface area contributed by atoms with Crippen molar-refractivity contribution >= 4 is 17.4 Å². The largest absolute Gasteiger partial charge is 0.467 e. The second-order valence-electron chi connectivity index (χ2n) is 5.49. The molecule has 1 aliphatic carbocycles. The van der Waals surface area contributed by atoms with E-state index in [0.29, 0.717) is 11.2 Å². The van der Waals surface area contributed by atoms with Gasteiger partial charge in [-0.1, -0.05) is 25.4 Å². The first-order chi connectivity index (χ1) is 9.66. The lowest BCUT2D eigenvalue weighted by atomic mass is 10.1. The Hall–Kier alpha value is -1.55. The molecule has 0 unspecified atom stereocenters. The molecule has 0 atom stereocenters. The molecule has 1 saturated carbocycles. The maximum atomic E-state index is 6.27. The number of hydrogen-bond acceptors (Lipinski definition) is 4. The molecule has 1 aliphatic rings. The second-order valence-corrected chi connectivity index (χ2v) is 5.85. The molecule has 2 aromatic heterocycles. The second kappa shape index (κ2) is 5.44. The van der Waals surface area contributed by atoms with Crippen molar-refractivity contribution in [3.05, 3.63) is 41.2 Å². The molecule has 3 rings (SSSR count). The van der Waals surface area contributed by atoms with E-state index in [2.05, 4.69) is 28.7 Å². The Labute approximate surface area is 123 Å². The van der Waals surface area contributed by atoms with Crippen LogP contribution < -0.4 is 4.90 Å². The van der Waals surface area contributed by atoms with E-state index in [0.717, 1.165) is 23.7 Å². The van der Waals surface area contributed by atoms with Gasteiger partial charge >= 0.3 is 0 Å². The van der Waals surface area contributed by atoms with Crippen LogP contribution in [0.15, 0.2) is 29.1 Å². The fourth-order valence-electron chi connectivity index (χ4n) is 2.42. The van der Waals surface area contributed by atoms with Gasteiger partial charge in [-0.25, -0.2) is 9.97 Å². The van der Waals surface area contributed by atoms with Gasteiger partial charge in [0.2, 0.25) is 0 Å². The van der Waals surface area contributed by atoms with Gasteiger partial charge in [0.05, 0.1) is 12.8 Å². The Morgan fingerprint density at radius 2 is 2.20 bits per heavy atom. The third kappa shape index (κ3) is 2.66. The third-order valence-electron chi connectivity index (χ3n) is 3.56. The van der Waals surface area contributed by atoms with Crippen molar-refractivity contribution in [2.45, 2.75) is 45.2 Å². The lowest BCUT2D eigenvalue weighted by molar-refractivity contribution is 0.499. The number of aromatic nitrogens is 2. The first kappa shape index (κ1) is 13.4. The van der Waals surface area contributed by atoms with Crippen molar-refractivity contribution in [1.29, 1.82) is 0 Å². The van der Waals surface area contributed by atoms with E-state index in [1.165, 1.54) is 12.8 Å². The molecule has 0 saturated heterocycles. The molecule has 20 heavy (non-hydrogen) atoms. The molecule has 2 heterocycles. The van der Waals surface area contributed by atoms with Crippen molar-refractivity contribution in [2.24, 2.45) is 0 Å². The standard InChI is InChI=1S/C15H18ClN3O/c1-10(2)13-14(16)17-9-18-15(13)19(11-5-6-11)8-12-4-3-7-20-12/h3-4,7,9-11H,5-6,8H2,1-2H3. The molecule has 0 aromatic carbocycles. The Balaban J connectivity index is 1.97. The monoisotopic (exact) mass is 291 g/mol. The van der Waals surface area contributed by atoms with E-state index in [9.17, 15) is 0 Å². The Morgan fingerprint density at radius 1 is 1.40 bits per heavy atom. The zero-order valence-corrected chi connectivity index (χ0v) is 12.5. The van der Waals surface area contributed by atoms with Gasteiger partial charge in [-0.15, -0.1) is 0 Å². The van der Waals surface area contributed by atoms with Crippen molar-refractivity contribution in [2.75, 3.05) is 4.90 Å². The zero-order chi connectivity index (χ0) is 14.1. The summed E-state index contributed by atoms with van der Waals surface area (Å²) in [6, 6.07) is 4.44. The van der Waals surface area contributed by atoms with Crippen LogP contribution in [0.5, 0.6) is 0 Å². The molecule has 0 spiro atoms. The summed E-state index contributed by atoms with van der Waals surface area (Å²) in [6.45, 7) is 4.96. The molecule has 1 fully saturated rings. The highest BCUT2D eigenvalue weighted by atomic mass is 35.5. The molecular weight excluding hydrogens is 274 g/mol. The number of furan rings is 1. The van der Waals surface area contributed by atoms with E-state index in [-0.39, 0.29) is 5.92 Å². The van der Waals surface area contributed by atoms with Crippen LogP contribution in [0.2, 0.25) is 5.15 Å². The number of anilines is 1. The smallest absolute Gasteiger partial charge is 0.138 e. The Morgan fingerprint density at radius 3 is 2.80 bits per heavy atom. The van der Waals surface area contributed by atoms with Crippen molar-refractivity contribution in [1.82, 2.24) is 9.97 Å². The maximum Gasteiger partial charge on any atom is 0.138 e. The molecule has 106 valence electrons. The minimum atomic E-state index is 0.288. The van der Waals surface area contributed by atoms with Crippen LogP contribution in [0.1, 0.15) is 43.9 Å². The summed E-state index contributed by atoms with van der Waals surface area (Å²) in [5, 5.41) is 0.551. The van der Waals surface area contributed by atoms with Gasteiger partial charge in [-0.3, -0.25) is 0 Å². The quantitative estimate of drug-likeness (QED) is 0.781. The maximum absolute atomic E-state index is 6.27. The van der Waals surface area contributed by atoms with E-state index in [4.69, 9.17) is 16.0 Å². The van der Waals surface area contributed by atoms with Crippen molar-refractivity contribution in [3.63, 3.8) is 0 Å². The molecular formula is C15H18ClN3O. The molecule has 5 heteroatoms. The SMILES string of the molecule is CC(C)c1c(Cl)ncnc1N(Cc1ccco1)C1CC1. The van der Waals surface area contributed by atoms with E-state index in [1.54, 1.807) is 12.6 Å². The van der Waals surface area contributed by atoms with Crippen LogP contribution in [-0.4, -0.2) is 16.0 Å². The average Bonchev–Trinajstić information content (AvgIpc) is 3.12. The van der Waals surface area contributed by atoms with Crippen molar-refractivity contribution < 1.29 is 4.42 Å². The van der Waals surface area contributed by atoms with Gasteiger partial charge in [0.1, 0.15) is 23.1 Å². The van der Waals surface area contributed by atoms with Crippen molar-refractivity contribution in [3.8, 4) is 0 Å². The van der Waals surface area contributed by atoms with E-state index in [1.807, 2.05) is 12.1 Å². The van der Waals surface area contributed by atoms with Gasteiger partial charge < -0.3 is 9.32 Å². The summed E-state index contributed by atoms with van der Waals surface area (Å²) in [5.74, 6) is 2.18. The predicted octanol–water partition coefficient (Wildman–Crippen LogP) is 4.02. The van der Waals surface area contributed by atoms with Crippen LogP contribution in [0, 0.1) is 0 Å². The Kier molecular flexibility index (Phi) is 3.66. The molecule has 0 aliphatic heterocycles. The zero-order valence-electron chi connectivity index (χ0n) is 11.7. The highest BCUT2D eigenvalue weighted by molar-refractivity contribution is 6.30. The number of hydrogen-bond donors (Lipinski definition) is 0. The lowest BCUT2D eigenvalue weighted by Crippen LogP contribution is -2.27. The molecule has 0 radical (unpaired) electrons. The highest BCUT2D eigenvalue weighted by Crippen LogP contribution is 2.37. The topological polar surface area (TPSA) is 42.2 Å². The number of rotatable bonds is 5. The molecule has 4 nitrogen and oxygen atoms in total. The summed E-state index contributed by atoms with van der Waals surface area (Å²) in [5.41, 5.74) is 1.02. The molecule has 0 amide bonds. The van der Waals surface area contributed by atoms with Gasteiger partial charge in [0.15, 0.2) is 0 Å². The van der Waals surface area contributed by atoms with Crippen LogP contribution in [0.3, 0.4) is 0 Å². The van der Waals surface area contributed by atoms with Crippen LogP contribution in [0.25, 0.3) is 0 Å². The minimum absolute atomic E-state index is 0.288. The van der Waals surface area contributed by atoms with Gasteiger partial charge in [0, 0.05) is 11.6 Å². The normalized spacial score (nSPS) is 14.8. The fourth-order valence-corrected chi connectivity index (χ4v) is 2.77. The summed E-state index contributed by atoms with van der Waals surface area (Å²) in [6.07, 6.45) is 5.64. The van der Waals surface area contributed by atoms with Gasteiger partial charge in [-0.2, -0.15) is 0 Å². The minimum Gasteiger partial charge on any atom is -0.467 e. The summed E-state index contributed by atoms with van der Waals surface area (Å²) >= 11 is 6.27. The molecule has 0 bridgehead atoms. The number of nitrogens with zero attached hydrogens (tertiary/aromatic N) is 3. The number of halogens is 1. The summed E-state index contributed by atoms with van der Waals surface area (Å²) < 4.78 is 5.48. The summed E-state index contributed by atoms with van der Waals surface area (Å²) in [7, 11) is 0. The van der Waals surface area contributed by atoms with Gasteiger partial charge in [-0.05, 0) is 30.9 Å². The van der Waals surface area contributed by atoms with E-state index >= 15 is 0 Å². The van der Waals surface area contributed by atoms with Crippen LogP contribution >= 0.6 is 11.6 Å². The average molecular weight is 292 g/mol. The molecule has 0 N–H and O–H groups in total. The summed E-state index contributed by atoms with van der Waals surface area (Å²) in [4.78, 5) is 10.9. The lowest BCUT2D eigenvalue weighted by Gasteiger charge is -2.26. The highest BCUT2D eigenvalue weighted by Gasteiger charge is 2.33. The van der Waals surface area contributed by atoms with Gasteiger partial charge in [0.25, 0.3) is 0 Å². The predicted molar refractivity (Wildman–Crippen MR) is 79.0 cm³/mol. The Bertz CT molecular complexity index is 579. The molecule has 2 aromatic rings. The first-order valence-corrected chi connectivity index (χ1v) is 7.34. The van der Waals surface area contributed by atoms with E-state index < -0.39 is 0 Å². The third-order valence-corrected chi connectivity index (χ3v) is 3.86. The van der Waals surface area contributed by atoms with Crippen LogP contribution in [-0.2, 0) is 6.54 Å². The first-order valence-electron chi connectivity index (χ1n) is 6.96. The fraction of sp³-hybridized carbons (Fsp3) is 0.467. The van der Waals surface area contributed by atoms with Crippen LogP contribution in [0.4, 0.5) is 5.82 Å².